The number of guanidine groups is 1. The van der Waals surface area contributed by atoms with Crippen molar-refractivity contribution in [2.24, 2.45) is 12.0 Å². The van der Waals surface area contributed by atoms with Gasteiger partial charge in [0.1, 0.15) is 12.2 Å². The van der Waals surface area contributed by atoms with Crippen molar-refractivity contribution >= 4 is 29.3 Å². The van der Waals surface area contributed by atoms with Gasteiger partial charge in [-0.05, 0) is 24.3 Å². The molecule has 0 bridgehead atoms. The van der Waals surface area contributed by atoms with Gasteiger partial charge in [0.25, 0.3) is 0 Å². The second-order valence-electron chi connectivity index (χ2n) is 4.45. The van der Waals surface area contributed by atoms with Crippen LogP contribution in [0.4, 0.5) is 0 Å². The van der Waals surface area contributed by atoms with E-state index in [-0.39, 0.29) is 0 Å². The van der Waals surface area contributed by atoms with E-state index >= 15 is 0 Å². The molecule has 1 heterocycles. The van der Waals surface area contributed by atoms with E-state index in [0.717, 1.165) is 29.1 Å². The highest BCUT2D eigenvalue weighted by atomic mass is 35.5. The Morgan fingerprint density at radius 3 is 2.73 bits per heavy atom. The molecule has 0 saturated carbocycles. The maximum absolute atomic E-state index is 5.86. The lowest BCUT2D eigenvalue weighted by molar-refractivity contribution is 0.674. The molecule has 0 radical (unpaired) electrons. The number of thioether (sulfide) groups is 1. The molecule has 1 aromatic carbocycles. The van der Waals surface area contributed by atoms with Gasteiger partial charge in [-0.2, -0.15) is 5.10 Å². The number of benzene rings is 1. The summed E-state index contributed by atoms with van der Waals surface area (Å²) in [6.45, 7) is 1.40. The number of rotatable bonds is 6. The lowest BCUT2D eigenvalue weighted by Crippen LogP contribution is -2.38. The molecular weight excluding hydrogens is 320 g/mol. The molecule has 0 atom stereocenters. The third-order valence-electron chi connectivity index (χ3n) is 2.92. The number of aliphatic imine (C=N–C) groups is 1. The van der Waals surface area contributed by atoms with Crippen LogP contribution < -0.4 is 10.6 Å². The highest BCUT2D eigenvalue weighted by Crippen LogP contribution is 2.19. The van der Waals surface area contributed by atoms with E-state index in [4.69, 9.17) is 11.6 Å². The Morgan fingerprint density at radius 1 is 1.32 bits per heavy atom. The second-order valence-corrected chi connectivity index (χ2v) is 6.06. The summed E-state index contributed by atoms with van der Waals surface area (Å²) in [6.07, 6.45) is 1.54. The molecule has 0 aliphatic heterocycles. The van der Waals surface area contributed by atoms with Crippen LogP contribution in [-0.4, -0.2) is 40.1 Å². The van der Waals surface area contributed by atoms with Crippen molar-refractivity contribution in [2.45, 2.75) is 11.4 Å². The average molecular weight is 339 g/mol. The topological polar surface area (TPSA) is 67.1 Å². The minimum absolute atomic E-state index is 0.584. The molecule has 2 N–H and O–H groups in total. The first kappa shape index (κ1) is 16.6. The van der Waals surface area contributed by atoms with E-state index in [9.17, 15) is 0 Å². The molecule has 0 fully saturated rings. The molecule has 6 nitrogen and oxygen atoms in total. The zero-order valence-corrected chi connectivity index (χ0v) is 14.2. The van der Waals surface area contributed by atoms with Gasteiger partial charge in [-0.25, -0.2) is 4.98 Å². The zero-order valence-electron chi connectivity index (χ0n) is 12.6. The molecule has 1 aromatic heterocycles. The Labute approximate surface area is 139 Å². The molecule has 8 heteroatoms. The van der Waals surface area contributed by atoms with Gasteiger partial charge in [-0.15, -0.1) is 11.8 Å². The van der Waals surface area contributed by atoms with Crippen molar-refractivity contribution in [2.75, 3.05) is 19.3 Å². The third-order valence-corrected chi connectivity index (χ3v) is 4.19. The first-order valence-electron chi connectivity index (χ1n) is 6.85. The van der Waals surface area contributed by atoms with Gasteiger partial charge in [0.05, 0.1) is 6.54 Å². The molecule has 0 aliphatic carbocycles. The Morgan fingerprint density at radius 2 is 2.09 bits per heavy atom. The van der Waals surface area contributed by atoms with Crippen LogP contribution in [0.2, 0.25) is 5.02 Å². The molecule has 2 aromatic rings. The van der Waals surface area contributed by atoms with E-state index in [2.05, 4.69) is 25.7 Å². The van der Waals surface area contributed by atoms with Gasteiger partial charge in [-0.3, -0.25) is 9.67 Å². The van der Waals surface area contributed by atoms with Crippen molar-refractivity contribution in [3.05, 3.63) is 41.4 Å². The van der Waals surface area contributed by atoms with Crippen LogP contribution in [0.25, 0.3) is 0 Å². The van der Waals surface area contributed by atoms with Gasteiger partial charge in [0.15, 0.2) is 5.96 Å². The summed E-state index contributed by atoms with van der Waals surface area (Å²) in [4.78, 5) is 9.54. The fraction of sp³-hybridized carbons (Fsp3) is 0.357. The predicted octanol–water partition coefficient (Wildman–Crippen LogP) is 1.93. The molecule has 0 aliphatic rings. The van der Waals surface area contributed by atoms with E-state index in [0.29, 0.717) is 6.54 Å². The van der Waals surface area contributed by atoms with Crippen LogP contribution in [0.5, 0.6) is 0 Å². The average Bonchev–Trinajstić information content (AvgIpc) is 2.93. The molecule has 0 unspecified atom stereocenters. The van der Waals surface area contributed by atoms with Crippen LogP contribution in [0.15, 0.2) is 40.5 Å². The quantitative estimate of drug-likeness (QED) is 0.364. The van der Waals surface area contributed by atoms with Gasteiger partial charge in [0.2, 0.25) is 0 Å². The van der Waals surface area contributed by atoms with E-state index in [1.165, 1.54) is 11.2 Å². The minimum atomic E-state index is 0.584. The van der Waals surface area contributed by atoms with Crippen molar-refractivity contribution in [3.63, 3.8) is 0 Å². The molecule has 2 rings (SSSR count). The number of nitrogens with one attached hydrogen (secondary N) is 2. The van der Waals surface area contributed by atoms with Gasteiger partial charge >= 0.3 is 0 Å². The number of nitrogens with zero attached hydrogens (tertiary/aromatic N) is 4. The number of hydrogen-bond acceptors (Lipinski definition) is 4. The highest BCUT2D eigenvalue weighted by Gasteiger charge is 2.02. The second kappa shape index (κ2) is 8.65. The van der Waals surface area contributed by atoms with Crippen LogP contribution in [0.3, 0.4) is 0 Å². The minimum Gasteiger partial charge on any atom is -0.356 e. The first-order chi connectivity index (χ1) is 10.7. The van der Waals surface area contributed by atoms with Crippen molar-refractivity contribution in [3.8, 4) is 0 Å². The maximum Gasteiger partial charge on any atom is 0.191 e. The summed E-state index contributed by atoms with van der Waals surface area (Å²) >= 11 is 7.63. The summed E-state index contributed by atoms with van der Waals surface area (Å²) in [5.74, 6) is 2.55. The lowest BCUT2D eigenvalue weighted by atomic mass is 10.4. The predicted molar refractivity (Wildman–Crippen MR) is 91.4 cm³/mol. The number of aryl methyl sites for hydroxylation is 1. The van der Waals surface area contributed by atoms with Gasteiger partial charge in [-0.1, -0.05) is 11.6 Å². The summed E-state index contributed by atoms with van der Waals surface area (Å²) < 4.78 is 1.73. The van der Waals surface area contributed by atoms with E-state index < -0.39 is 0 Å². The maximum atomic E-state index is 5.86. The van der Waals surface area contributed by atoms with Crippen LogP contribution in [-0.2, 0) is 13.6 Å². The molecule has 0 amide bonds. The monoisotopic (exact) mass is 338 g/mol. The number of hydrogen-bond donors (Lipinski definition) is 2. The standard InChI is InChI=1S/C14H19ClN6S/c1-16-14(18-9-13-19-10-20-21(13)2)17-7-8-22-12-5-3-11(15)4-6-12/h3-6,10H,7-9H2,1-2H3,(H2,16,17,18). The zero-order chi connectivity index (χ0) is 15.8. The van der Waals surface area contributed by atoms with Crippen molar-refractivity contribution < 1.29 is 0 Å². The molecule has 22 heavy (non-hydrogen) atoms. The molecule has 118 valence electrons. The summed E-state index contributed by atoms with van der Waals surface area (Å²) in [7, 11) is 3.61. The van der Waals surface area contributed by atoms with Crippen LogP contribution in [0.1, 0.15) is 5.82 Å². The van der Waals surface area contributed by atoms with E-state index in [1.54, 1.807) is 23.5 Å². The molecular formula is C14H19ClN6S. The van der Waals surface area contributed by atoms with Crippen molar-refractivity contribution in [1.29, 1.82) is 0 Å². The van der Waals surface area contributed by atoms with Crippen LogP contribution >= 0.6 is 23.4 Å². The normalized spacial score (nSPS) is 11.5. The third kappa shape index (κ3) is 5.23. The van der Waals surface area contributed by atoms with Crippen LogP contribution in [0, 0.1) is 0 Å². The number of halogens is 1. The van der Waals surface area contributed by atoms with Crippen molar-refractivity contribution in [1.82, 2.24) is 25.4 Å². The largest absolute Gasteiger partial charge is 0.356 e. The smallest absolute Gasteiger partial charge is 0.191 e. The fourth-order valence-corrected chi connectivity index (χ4v) is 2.63. The van der Waals surface area contributed by atoms with E-state index in [1.807, 2.05) is 31.3 Å². The summed E-state index contributed by atoms with van der Waals surface area (Å²) in [5, 5.41) is 11.3. The van der Waals surface area contributed by atoms with Gasteiger partial charge < -0.3 is 10.6 Å². The number of aromatic nitrogens is 3. The first-order valence-corrected chi connectivity index (χ1v) is 8.21. The Balaban J connectivity index is 1.68. The summed E-state index contributed by atoms with van der Waals surface area (Å²) in [5.41, 5.74) is 0. The lowest BCUT2D eigenvalue weighted by Gasteiger charge is -2.11. The Bertz CT molecular complexity index is 610. The Hall–Kier alpha value is -1.73. The highest BCUT2D eigenvalue weighted by molar-refractivity contribution is 7.99. The molecule has 0 spiro atoms. The SMILES string of the molecule is CN=C(NCCSc1ccc(Cl)cc1)NCc1ncnn1C. The fourth-order valence-electron chi connectivity index (χ4n) is 1.73. The summed E-state index contributed by atoms with van der Waals surface area (Å²) in [6, 6.07) is 7.85. The van der Waals surface area contributed by atoms with Gasteiger partial charge in [0, 0.05) is 36.3 Å². The molecule has 0 saturated heterocycles. The Kier molecular flexibility index (Phi) is 6.54.